The van der Waals surface area contributed by atoms with Crippen LogP contribution >= 0.6 is 0 Å². The fourth-order valence-electron chi connectivity index (χ4n) is 2.93. The molecule has 0 heterocycles. The monoisotopic (exact) mass is 419 g/mol. The van der Waals surface area contributed by atoms with Gasteiger partial charge in [0.2, 0.25) is 0 Å². The van der Waals surface area contributed by atoms with Crippen molar-refractivity contribution < 1.29 is 24.7 Å². The average molecular weight is 419 g/mol. The number of aliphatic hydroxyl groups is 3. The van der Waals surface area contributed by atoms with Gasteiger partial charge in [-0.15, -0.1) is 0 Å². The molecule has 10 heteroatoms. The summed E-state index contributed by atoms with van der Waals surface area (Å²) in [6.45, 7) is 0.153. The molecule has 0 saturated carbocycles. The van der Waals surface area contributed by atoms with E-state index in [-0.39, 0.29) is 63.9 Å². The molecule has 10 nitrogen and oxygen atoms in total. The Kier molecular flexibility index (Phi) is 9.09. The molecule has 30 heavy (non-hydrogen) atoms. The number of rotatable bonds is 12. The van der Waals surface area contributed by atoms with Crippen LogP contribution in [0.25, 0.3) is 0 Å². The molecule has 1 aromatic rings. The fourth-order valence-corrected chi connectivity index (χ4v) is 2.93. The van der Waals surface area contributed by atoms with Crippen LogP contribution in [-0.4, -0.2) is 89.7 Å². The van der Waals surface area contributed by atoms with Gasteiger partial charge < -0.3 is 46.0 Å². The second-order valence-corrected chi connectivity index (χ2v) is 6.86. The molecule has 0 unspecified atom stereocenters. The number of anilines is 1. The molecule has 0 spiro atoms. The maximum Gasteiger partial charge on any atom is 0.142 e. The Hall–Kier alpha value is -2.63. The molecule has 6 N–H and O–H groups in total. The van der Waals surface area contributed by atoms with Gasteiger partial charge in [0.1, 0.15) is 25.5 Å². The molecule has 164 valence electrons. The Morgan fingerprint density at radius 2 is 1.67 bits per heavy atom. The van der Waals surface area contributed by atoms with Crippen molar-refractivity contribution in [2.75, 3.05) is 57.9 Å². The number of allylic oxidation sites excluding steroid dienone is 2. The summed E-state index contributed by atoms with van der Waals surface area (Å²) < 4.78 is 4.67. The number of aliphatic imine (C=N–C) groups is 1. The summed E-state index contributed by atoms with van der Waals surface area (Å²) in [5, 5.41) is 58.4. The van der Waals surface area contributed by atoms with Crippen LogP contribution in [0.1, 0.15) is 6.42 Å². The first kappa shape index (κ1) is 23.6. The molecule has 2 rings (SSSR count). The maximum atomic E-state index is 12.4. The summed E-state index contributed by atoms with van der Waals surface area (Å²) in [6, 6.07) is 7.15. The highest BCUT2D eigenvalue weighted by Crippen LogP contribution is 2.20. The molecule has 0 amide bonds. The van der Waals surface area contributed by atoms with Crippen molar-refractivity contribution in [3.05, 3.63) is 41.3 Å². The summed E-state index contributed by atoms with van der Waals surface area (Å²) in [6.07, 6.45) is 1.65. The van der Waals surface area contributed by atoms with E-state index >= 15 is 0 Å². The number of nitrogens with zero attached hydrogens (tertiary/aromatic N) is 2. The lowest BCUT2D eigenvalue weighted by molar-refractivity contribution is -0.879. The third-order valence-corrected chi connectivity index (χ3v) is 4.56. The van der Waals surface area contributed by atoms with E-state index < -0.39 is 4.65 Å². The van der Waals surface area contributed by atoms with Crippen LogP contribution in [0.5, 0.6) is 0 Å². The minimum absolute atomic E-state index is 0.0413. The van der Waals surface area contributed by atoms with Crippen molar-refractivity contribution in [2.24, 2.45) is 4.99 Å². The number of hydrogen-bond acceptors (Lipinski definition) is 9. The zero-order valence-electron chi connectivity index (χ0n) is 16.8. The number of benzene rings is 1. The number of aliphatic hydroxyl groups excluding tert-OH is 3. The zero-order valence-corrected chi connectivity index (χ0v) is 16.8. The average Bonchev–Trinajstić information content (AvgIpc) is 2.71. The number of nitrogens with one attached hydrogen (secondary N) is 3. The first-order valence-electron chi connectivity index (χ1n) is 9.73. The molecule has 0 aromatic heterocycles. The predicted octanol–water partition coefficient (Wildman–Crippen LogP) is 0.806. The zero-order chi connectivity index (χ0) is 22.0. The number of hydroxylamine groups is 3. The lowest BCUT2D eigenvalue weighted by Crippen LogP contribution is -2.49. The highest BCUT2D eigenvalue weighted by molar-refractivity contribution is 6.51. The Morgan fingerprint density at radius 3 is 2.27 bits per heavy atom. The van der Waals surface area contributed by atoms with Crippen LogP contribution in [0, 0.1) is 16.0 Å². The van der Waals surface area contributed by atoms with Crippen molar-refractivity contribution in [2.45, 2.75) is 6.42 Å². The first-order valence-corrected chi connectivity index (χ1v) is 9.73. The molecule has 1 aliphatic rings. The number of hydrogen-bond donors (Lipinski definition) is 6. The molecule has 0 saturated heterocycles. The van der Waals surface area contributed by atoms with Gasteiger partial charge in [0.25, 0.3) is 0 Å². The van der Waals surface area contributed by atoms with Gasteiger partial charge >= 0.3 is 0 Å². The van der Waals surface area contributed by atoms with Gasteiger partial charge in [-0.2, -0.15) is 0 Å². The third-order valence-electron chi connectivity index (χ3n) is 4.56. The van der Waals surface area contributed by atoms with E-state index in [4.69, 9.17) is 30.9 Å². The highest BCUT2D eigenvalue weighted by Gasteiger charge is 2.20. The second-order valence-electron chi connectivity index (χ2n) is 6.86. The second kappa shape index (κ2) is 11.5. The standard InChI is InChI=1S/C20H29N5O5/c21-17-13-18(22)20(30-12-11-28)14-19(17)24-16-3-1-15(2-4-16)23-5-6-25(29,7-9-26)8-10-27/h1-4,14,21-23,26-28H,5-13H2. The van der Waals surface area contributed by atoms with E-state index in [0.717, 1.165) is 5.69 Å². The van der Waals surface area contributed by atoms with Gasteiger partial charge in [-0.25, -0.2) is 4.99 Å². The van der Waals surface area contributed by atoms with E-state index in [0.29, 0.717) is 23.7 Å². The van der Waals surface area contributed by atoms with Gasteiger partial charge in [0.05, 0.1) is 55.7 Å². The summed E-state index contributed by atoms with van der Waals surface area (Å²) in [5.41, 5.74) is 2.22. The predicted molar refractivity (Wildman–Crippen MR) is 116 cm³/mol. The minimum Gasteiger partial charge on any atom is -0.633 e. The van der Waals surface area contributed by atoms with Crippen LogP contribution < -0.4 is 5.32 Å². The topological polar surface area (TPSA) is 165 Å². The Balaban J connectivity index is 2.00. The van der Waals surface area contributed by atoms with E-state index in [1.807, 2.05) is 0 Å². The smallest absolute Gasteiger partial charge is 0.142 e. The lowest BCUT2D eigenvalue weighted by atomic mass is 10.00. The van der Waals surface area contributed by atoms with Crippen LogP contribution in [-0.2, 0) is 4.74 Å². The molecule has 0 fully saturated rings. The van der Waals surface area contributed by atoms with Crippen molar-refractivity contribution in [3.63, 3.8) is 0 Å². The van der Waals surface area contributed by atoms with E-state index in [1.54, 1.807) is 24.3 Å². The quantitative estimate of drug-likeness (QED) is 0.217. The van der Waals surface area contributed by atoms with Gasteiger partial charge in [0, 0.05) is 18.2 Å². The van der Waals surface area contributed by atoms with Gasteiger partial charge in [-0.05, 0) is 24.3 Å². The largest absolute Gasteiger partial charge is 0.633 e. The van der Waals surface area contributed by atoms with Crippen LogP contribution in [0.4, 0.5) is 11.4 Å². The van der Waals surface area contributed by atoms with Gasteiger partial charge in [-0.1, -0.05) is 0 Å². The molecular formula is C20H29N5O5. The number of quaternary nitrogens is 1. The summed E-state index contributed by atoms with van der Waals surface area (Å²) in [5.74, 6) is 0.307. The van der Waals surface area contributed by atoms with Crippen LogP contribution in [0.15, 0.2) is 41.1 Å². The lowest BCUT2D eigenvalue weighted by Gasteiger charge is -2.42. The molecular weight excluding hydrogens is 390 g/mol. The summed E-state index contributed by atoms with van der Waals surface area (Å²) in [7, 11) is 0. The normalized spacial score (nSPS) is 16.0. The maximum absolute atomic E-state index is 12.4. The molecule has 1 aromatic carbocycles. The molecule has 0 atom stereocenters. The number of ether oxygens (including phenoxy) is 1. The highest BCUT2D eigenvalue weighted by atomic mass is 16.5. The van der Waals surface area contributed by atoms with Gasteiger partial charge in [-0.3, -0.25) is 0 Å². The van der Waals surface area contributed by atoms with Crippen molar-refractivity contribution in [3.8, 4) is 0 Å². The molecule has 0 aliphatic heterocycles. The van der Waals surface area contributed by atoms with Crippen LogP contribution in [0.3, 0.4) is 0 Å². The van der Waals surface area contributed by atoms with Crippen molar-refractivity contribution >= 4 is 28.5 Å². The first-order chi connectivity index (χ1) is 14.4. The Labute approximate surface area is 175 Å². The molecule has 1 aliphatic carbocycles. The summed E-state index contributed by atoms with van der Waals surface area (Å²) in [4.78, 5) is 4.44. The van der Waals surface area contributed by atoms with E-state index in [9.17, 15) is 5.21 Å². The SMILES string of the molecule is N=C1CC(=N)C(=Nc2ccc(NCC[N+]([O-])(CCO)CCO)cc2)C=C1OCCO. The van der Waals surface area contributed by atoms with Crippen LogP contribution in [0.2, 0.25) is 0 Å². The van der Waals surface area contributed by atoms with E-state index in [1.165, 1.54) is 6.08 Å². The molecule has 0 bridgehead atoms. The van der Waals surface area contributed by atoms with E-state index in [2.05, 4.69) is 10.3 Å². The third kappa shape index (κ3) is 7.01. The van der Waals surface area contributed by atoms with Crippen molar-refractivity contribution in [1.82, 2.24) is 0 Å². The summed E-state index contributed by atoms with van der Waals surface area (Å²) >= 11 is 0. The Morgan fingerprint density at radius 1 is 1.00 bits per heavy atom. The fraction of sp³-hybridized carbons (Fsp3) is 0.450. The van der Waals surface area contributed by atoms with Gasteiger partial charge in [0.15, 0.2) is 0 Å². The Bertz CT molecular complexity index is 785. The molecule has 0 radical (unpaired) electrons. The van der Waals surface area contributed by atoms with Crippen molar-refractivity contribution in [1.29, 1.82) is 10.8 Å². The minimum atomic E-state index is -0.657.